The van der Waals surface area contributed by atoms with Gasteiger partial charge in [-0.25, -0.2) is 23.7 Å². The normalized spacial score (nSPS) is 17.0. The molecule has 47 heavy (non-hydrogen) atoms. The number of pyridine rings is 2. The van der Waals surface area contributed by atoms with Gasteiger partial charge < -0.3 is 19.4 Å². The third-order valence-corrected chi connectivity index (χ3v) is 8.97. The van der Waals surface area contributed by atoms with Gasteiger partial charge in [0.1, 0.15) is 29.8 Å². The molecule has 242 valence electrons. The summed E-state index contributed by atoms with van der Waals surface area (Å²) in [7, 11) is 0. The summed E-state index contributed by atoms with van der Waals surface area (Å²) in [5.74, 6) is 0.377. The fourth-order valence-corrected chi connectivity index (χ4v) is 6.19. The molecule has 2 aliphatic heterocycles. The smallest absolute Gasteiger partial charge is 0.274 e. The van der Waals surface area contributed by atoms with Crippen LogP contribution in [0.2, 0.25) is 5.02 Å². The number of hydrogen-bond acceptors (Lipinski definition) is 7. The van der Waals surface area contributed by atoms with E-state index in [0.717, 1.165) is 67.7 Å². The van der Waals surface area contributed by atoms with Crippen molar-refractivity contribution in [2.45, 2.75) is 51.0 Å². The molecule has 9 nitrogen and oxygen atoms in total. The third-order valence-electron chi connectivity index (χ3n) is 8.73. The first-order valence-electron chi connectivity index (χ1n) is 15.7. The van der Waals surface area contributed by atoms with Gasteiger partial charge in [0, 0.05) is 40.6 Å². The molecular weight excluding hydrogens is 626 g/mol. The van der Waals surface area contributed by atoms with E-state index in [4.69, 9.17) is 31.0 Å². The van der Waals surface area contributed by atoms with Crippen LogP contribution in [0, 0.1) is 11.6 Å². The molecule has 2 saturated heterocycles. The maximum absolute atomic E-state index is 14.2. The molecule has 2 aliphatic rings. The molecule has 0 bridgehead atoms. The monoisotopic (exact) mass is 658 g/mol. The van der Waals surface area contributed by atoms with Crippen LogP contribution < -0.4 is 10.1 Å². The molecule has 7 rings (SSSR count). The van der Waals surface area contributed by atoms with Gasteiger partial charge in [-0.1, -0.05) is 23.7 Å². The lowest BCUT2D eigenvalue weighted by molar-refractivity contribution is -0.0592. The number of carbonyl (C=O) groups is 1. The molecule has 0 spiro atoms. The van der Waals surface area contributed by atoms with Gasteiger partial charge in [-0.05, 0) is 80.9 Å². The first-order valence-corrected chi connectivity index (χ1v) is 16.1. The Kier molecular flexibility index (Phi) is 9.10. The van der Waals surface area contributed by atoms with Gasteiger partial charge in [0.15, 0.2) is 0 Å². The maximum atomic E-state index is 14.2. The van der Waals surface area contributed by atoms with E-state index >= 15 is 0 Å². The van der Waals surface area contributed by atoms with Crippen molar-refractivity contribution >= 4 is 34.2 Å². The standard InChI is InChI=1S/C35H33ClF2N6O3/c36-24-5-4-23(28(38)16-24)21-47-34-3-1-2-29(42-34)22-10-13-43(14-11-22)20-33-41-31-17-26(40-35(45)30-8-6-25(37)18-39-30)7-9-32(31)44(33)19-27-12-15-46-27/h1-9,16-18,22,27H,10-15,19-21H2,(H,40,45)/t27-/m0/s1. The molecule has 3 aromatic heterocycles. The number of carbonyl (C=O) groups excluding carboxylic acids is 1. The van der Waals surface area contributed by atoms with Gasteiger partial charge >= 0.3 is 0 Å². The zero-order valence-electron chi connectivity index (χ0n) is 25.5. The van der Waals surface area contributed by atoms with Crippen molar-refractivity contribution in [2.75, 3.05) is 25.0 Å². The van der Waals surface area contributed by atoms with Gasteiger partial charge in [-0.2, -0.15) is 0 Å². The number of imidazole rings is 1. The van der Waals surface area contributed by atoms with Crippen molar-refractivity contribution in [3.63, 3.8) is 0 Å². The lowest BCUT2D eigenvalue weighted by atomic mass is 9.93. The Hall–Kier alpha value is -4.45. The Labute approximate surface area is 275 Å². The molecule has 0 radical (unpaired) electrons. The zero-order chi connectivity index (χ0) is 32.3. The number of amides is 1. The average molecular weight is 659 g/mol. The van der Waals surface area contributed by atoms with Crippen molar-refractivity contribution in [1.29, 1.82) is 0 Å². The molecular formula is C35H33ClF2N6O3. The average Bonchev–Trinajstić information content (AvgIpc) is 3.38. The van der Waals surface area contributed by atoms with Crippen LogP contribution in [0.5, 0.6) is 5.88 Å². The van der Waals surface area contributed by atoms with E-state index in [0.29, 0.717) is 35.2 Å². The van der Waals surface area contributed by atoms with Gasteiger partial charge in [0.25, 0.3) is 5.91 Å². The molecule has 5 heterocycles. The van der Waals surface area contributed by atoms with E-state index in [1.54, 1.807) is 18.2 Å². The second-order valence-corrected chi connectivity index (χ2v) is 12.4. The molecule has 12 heteroatoms. The van der Waals surface area contributed by atoms with Crippen LogP contribution >= 0.6 is 11.6 Å². The quantitative estimate of drug-likeness (QED) is 0.177. The summed E-state index contributed by atoms with van der Waals surface area (Å²) in [5.41, 5.74) is 3.86. The van der Waals surface area contributed by atoms with E-state index in [-0.39, 0.29) is 24.3 Å². The van der Waals surface area contributed by atoms with Crippen molar-refractivity contribution in [3.05, 3.63) is 112 Å². The van der Waals surface area contributed by atoms with Crippen LogP contribution in [0.1, 0.15) is 52.8 Å². The molecule has 0 saturated carbocycles. The van der Waals surface area contributed by atoms with Crippen molar-refractivity contribution < 1.29 is 23.0 Å². The largest absolute Gasteiger partial charge is 0.473 e. The highest BCUT2D eigenvalue weighted by Crippen LogP contribution is 2.30. The molecule has 1 amide bonds. The highest BCUT2D eigenvalue weighted by Gasteiger charge is 2.26. The molecule has 5 aromatic rings. The number of anilines is 1. The summed E-state index contributed by atoms with van der Waals surface area (Å²) in [6.45, 7) is 3.99. The fourth-order valence-electron chi connectivity index (χ4n) is 6.04. The summed E-state index contributed by atoms with van der Waals surface area (Å²) >= 11 is 5.86. The molecule has 0 aliphatic carbocycles. The summed E-state index contributed by atoms with van der Waals surface area (Å²) in [6.07, 6.45) is 4.04. The molecule has 0 unspecified atom stereocenters. The number of aromatic nitrogens is 4. The third kappa shape index (κ3) is 7.27. The summed E-state index contributed by atoms with van der Waals surface area (Å²) in [4.78, 5) is 28.7. The highest BCUT2D eigenvalue weighted by molar-refractivity contribution is 6.30. The number of ether oxygens (including phenoxy) is 2. The Bertz CT molecular complexity index is 1890. The molecule has 2 fully saturated rings. The number of nitrogens with zero attached hydrogens (tertiary/aromatic N) is 5. The van der Waals surface area contributed by atoms with Crippen LogP contribution in [0.25, 0.3) is 11.0 Å². The number of hydrogen-bond donors (Lipinski definition) is 1. The number of nitrogens with one attached hydrogen (secondary N) is 1. The predicted octanol–water partition coefficient (Wildman–Crippen LogP) is 6.76. The van der Waals surface area contributed by atoms with Crippen LogP contribution in [0.4, 0.5) is 14.5 Å². The van der Waals surface area contributed by atoms with Crippen molar-refractivity contribution in [2.24, 2.45) is 0 Å². The number of benzene rings is 2. The van der Waals surface area contributed by atoms with E-state index in [9.17, 15) is 13.6 Å². The Morgan fingerprint density at radius 3 is 2.62 bits per heavy atom. The fraction of sp³-hybridized carbons (Fsp3) is 0.314. The van der Waals surface area contributed by atoms with Crippen LogP contribution in [0.3, 0.4) is 0 Å². The minimum absolute atomic E-state index is 0.0735. The number of rotatable bonds is 10. The second-order valence-electron chi connectivity index (χ2n) is 11.9. The second kappa shape index (κ2) is 13.7. The Morgan fingerprint density at radius 1 is 1.02 bits per heavy atom. The van der Waals surface area contributed by atoms with E-state index in [1.807, 2.05) is 30.3 Å². The first kappa shape index (κ1) is 31.2. The van der Waals surface area contributed by atoms with Crippen molar-refractivity contribution in [3.8, 4) is 5.88 Å². The first-order chi connectivity index (χ1) is 22.9. The lowest BCUT2D eigenvalue weighted by Crippen LogP contribution is -2.35. The Morgan fingerprint density at radius 2 is 1.87 bits per heavy atom. The maximum Gasteiger partial charge on any atom is 0.274 e. The molecule has 1 N–H and O–H groups in total. The number of fused-ring (bicyclic) bond motifs is 1. The topological polar surface area (TPSA) is 94.4 Å². The van der Waals surface area contributed by atoms with Gasteiger partial charge in [0.05, 0.1) is 36.4 Å². The summed E-state index contributed by atoms with van der Waals surface area (Å²) in [6, 6.07) is 18.5. The molecule has 1 atom stereocenters. The van der Waals surface area contributed by atoms with Crippen LogP contribution in [0.15, 0.2) is 72.9 Å². The molecule has 2 aromatic carbocycles. The SMILES string of the molecule is O=C(Nc1ccc2c(c1)nc(CN1CCC(c3cccc(OCc4ccc(Cl)cc4F)n3)CC1)n2C[C@@H]1CCO1)c1ccc(F)cn1. The Balaban J connectivity index is 1.01. The number of piperidine rings is 1. The van der Waals surface area contributed by atoms with E-state index in [2.05, 4.69) is 19.8 Å². The highest BCUT2D eigenvalue weighted by atomic mass is 35.5. The number of likely N-dealkylation sites (tertiary alicyclic amines) is 1. The van der Waals surface area contributed by atoms with Gasteiger partial charge in [-0.15, -0.1) is 0 Å². The summed E-state index contributed by atoms with van der Waals surface area (Å²) in [5, 5.41) is 3.19. The summed E-state index contributed by atoms with van der Waals surface area (Å²) < 4.78 is 41.2. The zero-order valence-corrected chi connectivity index (χ0v) is 26.3. The van der Waals surface area contributed by atoms with Crippen LogP contribution in [-0.2, 0) is 24.4 Å². The lowest BCUT2D eigenvalue weighted by Gasteiger charge is -2.32. The number of halogens is 3. The van der Waals surface area contributed by atoms with Crippen LogP contribution in [-0.4, -0.2) is 56.1 Å². The predicted molar refractivity (Wildman–Crippen MR) is 173 cm³/mol. The van der Waals surface area contributed by atoms with Gasteiger partial charge in [0.2, 0.25) is 5.88 Å². The van der Waals surface area contributed by atoms with E-state index in [1.165, 1.54) is 18.2 Å². The van der Waals surface area contributed by atoms with E-state index < -0.39 is 17.5 Å². The minimum atomic E-state index is -0.499. The minimum Gasteiger partial charge on any atom is -0.473 e. The van der Waals surface area contributed by atoms with Gasteiger partial charge in [-0.3, -0.25) is 9.69 Å². The van der Waals surface area contributed by atoms with Crippen molar-refractivity contribution in [1.82, 2.24) is 24.4 Å².